The van der Waals surface area contributed by atoms with Crippen molar-refractivity contribution in [2.75, 3.05) is 10.6 Å². The number of carbonyl (C=O) groups excluding carboxylic acids is 1. The predicted octanol–water partition coefficient (Wildman–Crippen LogP) is 5.42. The zero-order chi connectivity index (χ0) is 21.5. The van der Waals surface area contributed by atoms with Crippen LogP contribution in [0.3, 0.4) is 0 Å². The number of carbonyl (C=O) groups is 1. The van der Waals surface area contributed by atoms with Gasteiger partial charge in [0.2, 0.25) is 11.9 Å². The number of rotatable bonds is 7. The molecule has 0 saturated carbocycles. The Morgan fingerprint density at radius 3 is 2.48 bits per heavy atom. The molecule has 4 rings (SSSR count). The Labute approximate surface area is 181 Å². The molecule has 0 saturated heterocycles. The Bertz CT molecular complexity index is 1160. The number of amides is 1. The molecule has 0 aliphatic carbocycles. The van der Waals surface area contributed by atoms with Gasteiger partial charge in [0.1, 0.15) is 12.4 Å². The van der Waals surface area contributed by atoms with Gasteiger partial charge in [0, 0.05) is 36.1 Å². The summed E-state index contributed by atoms with van der Waals surface area (Å²) in [5, 5.41) is 5.99. The fraction of sp³-hybridized carbons (Fsp3) is 0.0800. The first-order valence-electron chi connectivity index (χ1n) is 9.90. The Kier molecular flexibility index (Phi) is 6.18. The number of hydrogen-bond donors (Lipinski definition) is 2. The Morgan fingerprint density at radius 2 is 1.71 bits per heavy atom. The average Bonchev–Trinajstić information content (AvgIpc) is 2.79. The summed E-state index contributed by atoms with van der Waals surface area (Å²) in [5.74, 6) is 1.15. The predicted molar refractivity (Wildman–Crippen MR) is 122 cm³/mol. The maximum absolute atomic E-state index is 11.2. The van der Waals surface area contributed by atoms with Crippen molar-refractivity contribution in [3.8, 4) is 17.0 Å². The minimum Gasteiger partial charge on any atom is -0.489 e. The highest BCUT2D eigenvalue weighted by Gasteiger charge is 2.05. The molecule has 0 atom stereocenters. The lowest BCUT2D eigenvalue weighted by Gasteiger charge is -2.10. The summed E-state index contributed by atoms with van der Waals surface area (Å²) < 4.78 is 5.89. The van der Waals surface area contributed by atoms with Crippen LogP contribution in [0.25, 0.3) is 11.3 Å². The van der Waals surface area contributed by atoms with E-state index < -0.39 is 0 Å². The van der Waals surface area contributed by atoms with Gasteiger partial charge in [0.25, 0.3) is 0 Å². The molecule has 0 bridgehead atoms. The highest BCUT2D eigenvalue weighted by molar-refractivity contribution is 5.88. The molecule has 0 unspecified atom stereocenters. The summed E-state index contributed by atoms with van der Waals surface area (Å²) in [6.45, 7) is 1.99. The van der Waals surface area contributed by atoms with Crippen LogP contribution in [0, 0.1) is 0 Å². The first-order valence-corrected chi connectivity index (χ1v) is 9.90. The molecule has 1 amide bonds. The van der Waals surface area contributed by atoms with Crippen LogP contribution in [0.4, 0.5) is 17.3 Å². The number of aromatic nitrogens is 2. The van der Waals surface area contributed by atoms with E-state index in [1.807, 2.05) is 84.9 Å². The van der Waals surface area contributed by atoms with E-state index in [4.69, 9.17) is 4.74 Å². The van der Waals surface area contributed by atoms with Gasteiger partial charge in [-0.3, -0.25) is 4.79 Å². The minimum absolute atomic E-state index is 0.101. The fourth-order valence-electron chi connectivity index (χ4n) is 3.04. The maximum Gasteiger partial charge on any atom is 0.227 e. The number of ether oxygens (including phenoxy) is 1. The van der Waals surface area contributed by atoms with Crippen molar-refractivity contribution >= 4 is 23.2 Å². The van der Waals surface area contributed by atoms with Crippen molar-refractivity contribution in [2.45, 2.75) is 13.5 Å². The van der Waals surface area contributed by atoms with Gasteiger partial charge < -0.3 is 15.4 Å². The van der Waals surface area contributed by atoms with Crippen LogP contribution >= 0.6 is 0 Å². The highest BCUT2D eigenvalue weighted by atomic mass is 16.5. The first-order chi connectivity index (χ1) is 15.2. The quantitative estimate of drug-likeness (QED) is 0.425. The molecule has 154 valence electrons. The SMILES string of the molecule is CC(=O)Nc1ccc(-c2ccnc(Nc3cccc(OCc4ccccc4)c3)n2)cc1. The summed E-state index contributed by atoms with van der Waals surface area (Å²) in [5.41, 5.74) is 4.41. The molecule has 31 heavy (non-hydrogen) atoms. The van der Waals surface area contributed by atoms with Gasteiger partial charge in [-0.15, -0.1) is 0 Å². The number of nitrogens with one attached hydrogen (secondary N) is 2. The van der Waals surface area contributed by atoms with E-state index in [1.165, 1.54) is 6.92 Å². The highest BCUT2D eigenvalue weighted by Crippen LogP contribution is 2.23. The van der Waals surface area contributed by atoms with Crippen LogP contribution in [-0.4, -0.2) is 15.9 Å². The maximum atomic E-state index is 11.2. The Balaban J connectivity index is 1.44. The molecule has 0 aliphatic heterocycles. The van der Waals surface area contributed by atoms with Gasteiger partial charge in [-0.25, -0.2) is 9.97 Å². The van der Waals surface area contributed by atoms with E-state index in [0.29, 0.717) is 12.6 Å². The molecular formula is C25H22N4O2. The molecule has 0 aliphatic rings. The molecule has 6 nitrogen and oxygen atoms in total. The van der Waals surface area contributed by atoms with Crippen LogP contribution in [0.2, 0.25) is 0 Å². The average molecular weight is 410 g/mol. The number of anilines is 3. The van der Waals surface area contributed by atoms with E-state index in [2.05, 4.69) is 20.6 Å². The standard InChI is InChI=1S/C25H22N4O2/c1-18(30)27-21-12-10-20(11-13-21)24-14-15-26-25(29-24)28-22-8-5-9-23(16-22)31-17-19-6-3-2-4-7-19/h2-16H,17H2,1H3,(H,27,30)(H,26,28,29). The summed E-state index contributed by atoms with van der Waals surface area (Å²) in [6, 6.07) is 27.1. The van der Waals surface area contributed by atoms with Crippen molar-refractivity contribution < 1.29 is 9.53 Å². The van der Waals surface area contributed by atoms with Gasteiger partial charge in [-0.05, 0) is 35.9 Å². The van der Waals surface area contributed by atoms with Crippen LogP contribution in [0.1, 0.15) is 12.5 Å². The molecular weight excluding hydrogens is 388 g/mol. The summed E-state index contributed by atoms with van der Waals surface area (Å²) in [6.07, 6.45) is 1.71. The third-order valence-electron chi connectivity index (χ3n) is 4.50. The topological polar surface area (TPSA) is 76.1 Å². The van der Waals surface area contributed by atoms with E-state index in [9.17, 15) is 4.79 Å². The van der Waals surface area contributed by atoms with Gasteiger partial charge in [-0.1, -0.05) is 48.5 Å². The molecule has 1 aromatic heterocycles. The third kappa shape index (κ3) is 5.67. The van der Waals surface area contributed by atoms with Crippen molar-refractivity contribution in [1.29, 1.82) is 0 Å². The Hall–Kier alpha value is -4.19. The lowest BCUT2D eigenvalue weighted by atomic mass is 10.1. The van der Waals surface area contributed by atoms with Gasteiger partial charge in [0.15, 0.2) is 0 Å². The summed E-state index contributed by atoms with van der Waals surface area (Å²) in [4.78, 5) is 20.1. The number of benzene rings is 3. The third-order valence-corrected chi connectivity index (χ3v) is 4.50. The van der Waals surface area contributed by atoms with Crippen molar-refractivity contribution in [2.24, 2.45) is 0 Å². The molecule has 0 fully saturated rings. The van der Waals surface area contributed by atoms with Crippen LogP contribution in [-0.2, 0) is 11.4 Å². The monoisotopic (exact) mass is 410 g/mol. The fourth-order valence-corrected chi connectivity index (χ4v) is 3.04. The zero-order valence-electron chi connectivity index (χ0n) is 17.1. The molecule has 0 radical (unpaired) electrons. The van der Waals surface area contributed by atoms with Crippen molar-refractivity contribution in [1.82, 2.24) is 9.97 Å². The largest absolute Gasteiger partial charge is 0.489 e. The smallest absolute Gasteiger partial charge is 0.227 e. The van der Waals surface area contributed by atoms with Crippen LogP contribution in [0.5, 0.6) is 5.75 Å². The molecule has 4 aromatic rings. The van der Waals surface area contributed by atoms with Gasteiger partial charge in [-0.2, -0.15) is 0 Å². The Morgan fingerprint density at radius 1 is 0.903 bits per heavy atom. The van der Waals surface area contributed by atoms with Crippen LogP contribution in [0.15, 0.2) is 91.1 Å². The van der Waals surface area contributed by atoms with E-state index in [1.54, 1.807) is 6.20 Å². The summed E-state index contributed by atoms with van der Waals surface area (Å²) >= 11 is 0. The molecule has 6 heteroatoms. The van der Waals surface area contributed by atoms with Gasteiger partial charge >= 0.3 is 0 Å². The van der Waals surface area contributed by atoms with Crippen LogP contribution < -0.4 is 15.4 Å². The minimum atomic E-state index is -0.101. The lowest BCUT2D eigenvalue weighted by molar-refractivity contribution is -0.114. The van der Waals surface area contributed by atoms with E-state index >= 15 is 0 Å². The normalized spacial score (nSPS) is 10.4. The second kappa shape index (κ2) is 9.54. The van der Waals surface area contributed by atoms with Crippen molar-refractivity contribution in [3.63, 3.8) is 0 Å². The zero-order valence-corrected chi connectivity index (χ0v) is 17.1. The molecule has 1 heterocycles. The number of nitrogens with zero attached hydrogens (tertiary/aromatic N) is 2. The van der Waals surface area contributed by atoms with E-state index in [0.717, 1.165) is 33.9 Å². The lowest BCUT2D eigenvalue weighted by Crippen LogP contribution is -2.05. The van der Waals surface area contributed by atoms with E-state index in [-0.39, 0.29) is 5.91 Å². The second-order valence-electron chi connectivity index (χ2n) is 6.95. The molecule has 2 N–H and O–H groups in total. The van der Waals surface area contributed by atoms with Gasteiger partial charge in [0.05, 0.1) is 5.69 Å². The molecule has 3 aromatic carbocycles. The first kappa shape index (κ1) is 20.1. The number of hydrogen-bond acceptors (Lipinski definition) is 5. The summed E-state index contributed by atoms with van der Waals surface area (Å²) in [7, 11) is 0. The van der Waals surface area contributed by atoms with Crippen molar-refractivity contribution in [3.05, 3.63) is 96.7 Å². The molecule has 0 spiro atoms. The second-order valence-corrected chi connectivity index (χ2v) is 6.95.